The summed E-state index contributed by atoms with van der Waals surface area (Å²) in [5, 5.41) is 11.6. The topological polar surface area (TPSA) is 99.3 Å². The average Bonchev–Trinajstić information content (AvgIpc) is 2.68. The second-order valence-corrected chi connectivity index (χ2v) is 8.07. The van der Waals surface area contributed by atoms with Gasteiger partial charge in [-0.2, -0.15) is 0 Å². The number of anilines is 3. The molecule has 0 unspecified atom stereocenters. The molecule has 30 heavy (non-hydrogen) atoms. The van der Waals surface area contributed by atoms with Crippen molar-refractivity contribution in [3.8, 4) is 0 Å². The Bertz CT molecular complexity index is 932. The lowest BCUT2D eigenvalue weighted by Crippen LogP contribution is -2.40. The van der Waals surface area contributed by atoms with Crippen molar-refractivity contribution in [2.24, 2.45) is 0 Å². The lowest BCUT2D eigenvalue weighted by Gasteiger charge is -2.20. The fraction of sp³-hybridized carbons (Fsp3) is 0.348. The van der Waals surface area contributed by atoms with Gasteiger partial charge < -0.3 is 21.3 Å². The van der Waals surface area contributed by atoms with Crippen LogP contribution in [0.1, 0.15) is 50.0 Å². The standard InChI is InChI=1S/C23H30N4O3/c1-6-20(28)25-18-11-8-12-19(15(18)2)26-21(29)14-24-17-10-7-9-16(13-17)22(30)27-23(3,4)5/h7-13,24H,6,14H2,1-5H3,(H,25,28)(H,26,29)(H,27,30). The van der Waals surface area contributed by atoms with Crippen molar-refractivity contribution in [3.05, 3.63) is 53.6 Å². The number of rotatable bonds is 7. The first-order chi connectivity index (χ1) is 14.1. The van der Waals surface area contributed by atoms with Gasteiger partial charge in [-0.25, -0.2) is 0 Å². The molecule has 0 aliphatic heterocycles. The first kappa shape index (κ1) is 22.9. The molecule has 2 aromatic carbocycles. The molecule has 2 aromatic rings. The number of hydrogen-bond donors (Lipinski definition) is 4. The average molecular weight is 411 g/mol. The molecule has 0 saturated heterocycles. The van der Waals surface area contributed by atoms with Crippen molar-refractivity contribution in [1.29, 1.82) is 0 Å². The van der Waals surface area contributed by atoms with E-state index in [1.54, 1.807) is 49.4 Å². The minimum absolute atomic E-state index is 0.0370. The SMILES string of the molecule is CCC(=O)Nc1cccc(NC(=O)CNc2cccc(C(=O)NC(C)(C)C)c2)c1C. The van der Waals surface area contributed by atoms with Gasteiger partial charge in [-0.1, -0.05) is 19.1 Å². The number of benzene rings is 2. The molecule has 0 radical (unpaired) electrons. The van der Waals surface area contributed by atoms with Gasteiger partial charge >= 0.3 is 0 Å². The van der Waals surface area contributed by atoms with Gasteiger partial charge in [0.1, 0.15) is 0 Å². The van der Waals surface area contributed by atoms with Crippen LogP contribution in [0.5, 0.6) is 0 Å². The Morgan fingerprint density at radius 1 is 0.900 bits per heavy atom. The highest BCUT2D eigenvalue weighted by atomic mass is 16.2. The Labute approximate surface area is 177 Å². The van der Waals surface area contributed by atoms with Crippen LogP contribution in [-0.2, 0) is 9.59 Å². The summed E-state index contributed by atoms with van der Waals surface area (Å²) in [6.07, 6.45) is 0.382. The molecular weight excluding hydrogens is 380 g/mol. The highest BCUT2D eigenvalue weighted by Crippen LogP contribution is 2.23. The summed E-state index contributed by atoms with van der Waals surface area (Å²) in [7, 11) is 0. The van der Waals surface area contributed by atoms with Crippen molar-refractivity contribution in [2.75, 3.05) is 22.5 Å². The largest absolute Gasteiger partial charge is 0.376 e. The molecule has 0 aliphatic carbocycles. The lowest BCUT2D eigenvalue weighted by molar-refractivity contribution is -0.116. The quantitative estimate of drug-likeness (QED) is 0.556. The fourth-order valence-corrected chi connectivity index (χ4v) is 2.70. The smallest absolute Gasteiger partial charge is 0.251 e. The van der Waals surface area contributed by atoms with E-state index in [1.807, 2.05) is 27.7 Å². The maximum absolute atomic E-state index is 12.4. The first-order valence-electron chi connectivity index (χ1n) is 9.95. The molecule has 0 fully saturated rings. The summed E-state index contributed by atoms with van der Waals surface area (Å²) >= 11 is 0. The predicted octanol–water partition coefficient (Wildman–Crippen LogP) is 3.92. The van der Waals surface area contributed by atoms with Crippen molar-refractivity contribution in [2.45, 2.75) is 46.6 Å². The van der Waals surface area contributed by atoms with E-state index in [9.17, 15) is 14.4 Å². The lowest BCUT2D eigenvalue weighted by atomic mass is 10.1. The van der Waals surface area contributed by atoms with E-state index in [1.165, 1.54) is 0 Å². The van der Waals surface area contributed by atoms with E-state index in [4.69, 9.17) is 0 Å². The maximum Gasteiger partial charge on any atom is 0.251 e. The molecule has 4 N–H and O–H groups in total. The summed E-state index contributed by atoms with van der Waals surface area (Å²) in [6, 6.07) is 12.4. The van der Waals surface area contributed by atoms with E-state index in [0.29, 0.717) is 29.0 Å². The van der Waals surface area contributed by atoms with Gasteiger partial charge in [0.15, 0.2) is 0 Å². The van der Waals surface area contributed by atoms with Crippen LogP contribution in [0.25, 0.3) is 0 Å². The first-order valence-corrected chi connectivity index (χ1v) is 9.95. The van der Waals surface area contributed by atoms with Gasteiger partial charge in [0.05, 0.1) is 6.54 Å². The Kier molecular flexibility index (Phi) is 7.58. The molecule has 160 valence electrons. The van der Waals surface area contributed by atoms with Crippen LogP contribution >= 0.6 is 0 Å². The van der Waals surface area contributed by atoms with Crippen LogP contribution in [0.15, 0.2) is 42.5 Å². The Morgan fingerprint density at radius 3 is 2.10 bits per heavy atom. The minimum Gasteiger partial charge on any atom is -0.376 e. The fourth-order valence-electron chi connectivity index (χ4n) is 2.70. The zero-order valence-electron chi connectivity index (χ0n) is 18.2. The number of nitrogens with one attached hydrogen (secondary N) is 4. The van der Waals surface area contributed by atoms with Crippen molar-refractivity contribution in [3.63, 3.8) is 0 Å². The summed E-state index contributed by atoms with van der Waals surface area (Å²) in [5.74, 6) is -0.489. The number of carbonyl (C=O) groups excluding carboxylic acids is 3. The molecule has 0 bridgehead atoms. The zero-order valence-corrected chi connectivity index (χ0v) is 18.2. The second-order valence-electron chi connectivity index (χ2n) is 8.07. The van der Waals surface area contributed by atoms with Crippen LogP contribution in [0.2, 0.25) is 0 Å². The number of amides is 3. The predicted molar refractivity (Wildman–Crippen MR) is 121 cm³/mol. The molecule has 7 nitrogen and oxygen atoms in total. The molecule has 0 aromatic heterocycles. The van der Waals surface area contributed by atoms with Gasteiger partial charge in [0.2, 0.25) is 11.8 Å². The number of hydrogen-bond acceptors (Lipinski definition) is 4. The third kappa shape index (κ3) is 6.92. The summed E-state index contributed by atoms with van der Waals surface area (Å²) in [6.45, 7) is 9.41. The van der Waals surface area contributed by atoms with Gasteiger partial charge in [0, 0.05) is 34.6 Å². The summed E-state index contributed by atoms with van der Waals surface area (Å²) in [5.41, 5.74) is 2.95. The van der Waals surface area contributed by atoms with E-state index < -0.39 is 0 Å². The summed E-state index contributed by atoms with van der Waals surface area (Å²) in [4.78, 5) is 36.3. The number of carbonyl (C=O) groups is 3. The molecule has 0 aliphatic rings. The van der Waals surface area contributed by atoms with Gasteiger partial charge in [-0.15, -0.1) is 0 Å². The van der Waals surface area contributed by atoms with Gasteiger partial charge in [-0.3, -0.25) is 14.4 Å². The second kappa shape index (κ2) is 9.91. The Balaban J connectivity index is 1.99. The molecule has 7 heteroatoms. The Hall–Kier alpha value is -3.35. The molecule has 2 rings (SSSR count). The Morgan fingerprint density at radius 2 is 1.50 bits per heavy atom. The van der Waals surface area contributed by atoms with Crippen LogP contribution in [0, 0.1) is 6.92 Å². The van der Waals surface area contributed by atoms with Crippen molar-refractivity contribution in [1.82, 2.24) is 5.32 Å². The molecule has 0 saturated carbocycles. The van der Waals surface area contributed by atoms with Crippen molar-refractivity contribution >= 4 is 34.8 Å². The third-order valence-corrected chi connectivity index (χ3v) is 4.27. The maximum atomic E-state index is 12.4. The highest BCUT2D eigenvalue weighted by Gasteiger charge is 2.15. The van der Waals surface area contributed by atoms with Gasteiger partial charge in [0.25, 0.3) is 5.91 Å². The molecule has 0 heterocycles. The van der Waals surface area contributed by atoms with Gasteiger partial charge in [-0.05, 0) is 63.6 Å². The van der Waals surface area contributed by atoms with Crippen LogP contribution in [0.4, 0.5) is 17.1 Å². The van der Waals surface area contributed by atoms with Crippen molar-refractivity contribution < 1.29 is 14.4 Å². The molecular formula is C23H30N4O3. The minimum atomic E-state index is -0.330. The van der Waals surface area contributed by atoms with E-state index in [0.717, 1.165) is 5.56 Å². The monoisotopic (exact) mass is 410 g/mol. The van der Waals surface area contributed by atoms with Crippen LogP contribution in [0.3, 0.4) is 0 Å². The summed E-state index contributed by atoms with van der Waals surface area (Å²) < 4.78 is 0. The third-order valence-electron chi connectivity index (χ3n) is 4.27. The normalized spacial score (nSPS) is 10.8. The van der Waals surface area contributed by atoms with E-state index in [-0.39, 0.29) is 29.8 Å². The van der Waals surface area contributed by atoms with E-state index in [2.05, 4.69) is 21.3 Å². The molecule has 0 spiro atoms. The van der Waals surface area contributed by atoms with Crippen LogP contribution < -0.4 is 21.3 Å². The molecule has 0 atom stereocenters. The van der Waals surface area contributed by atoms with E-state index >= 15 is 0 Å². The molecule has 3 amide bonds. The zero-order chi connectivity index (χ0) is 22.3. The van der Waals surface area contributed by atoms with Crippen LogP contribution in [-0.4, -0.2) is 29.8 Å². The highest BCUT2D eigenvalue weighted by molar-refractivity contribution is 5.98.